The molecule has 5 N–H and O–H groups in total. The summed E-state index contributed by atoms with van der Waals surface area (Å²) in [5, 5.41) is 0. The van der Waals surface area contributed by atoms with Crippen LogP contribution in [0, 0.1) is 5.92 Å². The molecule has 1 saturated carbocycles. The molecule has 1 aliphatic rings. The topological polar surface area (TPSA) is 110 Å². The van der Waals surface area contributed by atoms with Crippen molar-refractivity contribution in [3.05, 3.63) is 0 Å². The number of thiol groups is 1. The molecule has 7 heteroatoms. The lowest BCUT2D eigenvalue weighted by Gasteiger charge is -2.22. The van der Waals surface area contributed by atoms with Gasteiger partial charge in [0.1, 0.15) is 0 Å². The summed E-state index contributed by atoms with van der Waals surface area (Å²) >= 11 is 4.15. The van der Waals surface area contributed by atoms with Gasteiger partial charge in [-0.25, -0.2) is 0 Å². The molecule has 0 heterocycles. The third-order valence-electron chi connectivity index (χ3n) is 1.48. The molecule has 0 aromatic carbocycles. The van der Waals surface area contributed by atoms with Crippen molar-refractivity contribution >= 4 is 23.0 Å². The Morgan fingerprint density at radius 1 is 1.33 bits per heavy atom. The van der Waals surface area contributed by atoms with Gasteiger partial charge in [0.15, 0.2) is 0 Å². The molecular weight excluding hydrogens is 202 g/mol. The standard InChI is InChI=1S/C5H10S.H3N.H2O4S/c6-4-5-2-1-3-5;;1-5(2,3)4/h5-6H,1-4H2;1H3;(H2,1,2,3,4). The zero-order valence-electron chi connectivity index (χ0n) is 6.68. The number of hydrogen-bond donors (Lipinski definition) is 4. The fraction of sp³-hybridized carbons (Fsp3) is 1.00. The summed E-state index contributed by atoms with van der Waals surface area (Å²) in [5.41, 5.74) is 0. The molecule has 0 aromatic rings. The molecule has 0 unspecified atom stereocenters. The van der Waals surface area contributed by atoms with Gasteiger partial charge in [0, 0.05) is 0 Å². The first-order chi connectivity index (χ1) is 4.93. The summed E-state index contributed by atoms with van der Waals surface area (Å²) in [6, 6.07) is 0. The largest absolute Gasteiger partial charge is 0.394 e. The fourth-order valence-electron chi connectivity index (χ4n) is 0.675. The lowest BCUT2D eigenvalue weighted by atomic mass is 9.87. The zero-order valence-corrected chi connectivity index (χ0v) is 8.39. The molecule has 0 bridgehead atoms. The van der Waals surface area contributed by atoms with Crippen LogP contribution in [0.3, 0.4) is 0 Å². The van der Waals surface area contributed by atoms with Crippen LogP contribution >= 0.6 is 12.6 Å². The molecule has 0 aliphatic heterocycles. The summed E-state index contributed by atoms with van der Waals surface area (Å²) in [4.78, 5) is 0. The van der Waals surface area contributed by atoms with E-state index in [4.69, 9.17) is 17.5 Å². The maximum Gasteiger partial charge on any atom is 0.394 e. The Kier molecular flexibility index (Phi) is 8.17. The molecule has 0 spiro atoms. The molecule has 1 aliphatic carbocycles. The van der Waals surface area contributed by atoms with Crippen molar-refractivity contribution in [1.82, 2.24) is 6.15 Å². The van der Waals surface area contributed by atoms with E-state index in [1.807, 2.05) is 0 Å². The normalized spacial score (nSPS) is 16.6. The van der Waals surface area contributed by atoms with Crippen LogP contribution in [-0.4, -0.2) is 23.3 Å². The third-order valence-corrected chi connectivity index (χ3v) is 2.00. The Labute approximate surface area is 78.1 Å². The maximum absolute atomic E-state index is 8.74. The van der Waals surface area contributed by atoms with Crippen LogP contribution in [0.15, 0.2) is 0 Å². The zero-order chi connectivity index (χ0) is 8.91. The van der Waals surface area contributed by atoms with Gasteiger partial charge in [0.05, 0.1) is 0 Å². The smallest absolute Gasteiger partial charge is 0.344 e. The highest BCUT2D eigenvalue weighted by atomic mass is 32.3. The molecule has 5 nitrogen and oxygen atoms in total. The van der Waals surface area contributed by atoms with Crippen LogP contribution < -0.4 is 6.15 Å². The molecule has 0 radical (unpaired) electrons. The monoisotopic (exact) mass is 217 g/mol. The molecule has 1 rings (SSSR count). The quantitative estimate of drug-likeness (QED) is 0.390. The third kappa shape index (κ3) is 12.8. The minimum atomic E-state index is -4.67. The Bertz CT molecular complexity index is 177. The van der Waals surface area contributed by atoms with E-state index in [-0.39, 0.29) is 6.15 Å². The van der Waals surface area contributed by atoms with E-state index >= 15 is 0 Å². The van der Waals surface area contributed by atoms with E-state index in [1.165, 1.54) is 19.3 Å². The van der Waals surface area contributed by atoms with Crippen LogP contribution in [0.4, 0.5) is 0 Å². The maximum atomic E-state index is 8.74. The van der Waals surface area contributed by atoms with E-state index in [9.17, 15) is 0 Å². The minimum Gasteiger partial charge on any atom is -0.344 e. The van der Waals surface area contributed by atoms with Crippen molar-refractivity contribution in [3.63, 3.8) is 0 Å². The Balaban J connectivity index is 0. The second kappa shape index (κ2) is 6.67. The van der Waals surface area contributed by atoms with Crippen molar-refractivity contribution < 1.29 is 17.5 Å². The highest BCUT2D eigenvalue weighted by molar-refractivity contribution is 7.80. The van der Waals surface area contributed by atoms with Crippen molar-refractivity contribution in [2.24, 2.45) is 5.92 Å². The number of hydrogen-bond acceptors (Lipinski definition) is 4. The van der Waals surface area contributed by atoms with Gasteiger partial charge >= 0.3 is 10.4 Å². The van der Waals surface area contributed by atoms with E-state index < -0.39 is 10.4 Å². The molecule has 0 atom stereocenters. The molecule has 1 fully saturated rings. The van der Waals surface area contributed by atoms with Crippen molar-refractivity contribution in [3.8, 4) is 0 Å². The second-order valence-corrected chi connectivity index (χ2v) is 3.69. The molecule has 76 valence electrons. The van der Waals surface area contributed by atoms with Crippen LogP contribution in [0.2, 0.25) is 0 Å². The number of rotatable bonds is 1. The summed E-state index contributed by atoms with van der Waals surface area (Å²) < 4.78 is 31.6. The lowest BCUT2D eigenvalue weighted by Crippen LogP contribution is -2.11. The lowest BCUT2D eigenvalue weighted by molar-refractivity contribution is 0.354. The molecule has 0 aromatic heterocycles. The molecule has 12 heavy (non-hydrogen) atoms. The molecule has 0 amide bonds. The first-order valence-corrected chi connectivity index (χ1v) is 5.27. The van der Waals surface area contributed by atoms with Crippen molar-refractivity contribution in [2.45, 2.75) is 19.3 Å². The summed E-state index contributed by atoms with van der Waals surface area (Å²) in [5.74, 6) is 2.09. The summed E-state index contributed by atoms with van der Waals surface area (Å²) in [7, 11) is -4.67. The first-order valence-electron chi connectivity index (χ1n) is 3.24. The van der Waals surface area contributed by atoms with Crippen molar-refractivity contribution in [2.75, 3.05) is 5.75 Å². The van der Waals surface area contributed by atoms with Gasteiger partial charge in [0.25, 0.3) is 0 Å². The average molecular weight is 217 g/mol. The Morgan fingerprint density at radius 2 is 1.67 bits per heavy atom. The van der Waals surface area contributed by atoms with Gasteiger partial charge in [-0.05, 0) is 24.5 Å². The highest BCUT2D eigenvalue weighted by Gasteiger charge is 2.13. The van der Waals surface area contributed by atoms with E-state index in [2.05, 4.69) is 12.6 Å². The van der Waals surface area contributed by atoms with Crippen LogP contribution in [-0.2, 0) is 10.4 Å². The SMILES string of the molecule is N.O=S(=O)(O)O.SCC1CCC1. The van der Waals surface area contributed by atoms with Gasteiger partial charge in [-0.3, -0.25) is 9.11 Å². The van der Waals surface area contributed by atoms with Gasteiger partial charge in [-0.2, -0.15) is 21.0 Å². The highest BCUT2D eigenvalue weighted by Crippen LogP contribution is 2.26. The molecular formula is C5H15NO4S2. The fourth-order valence-corrected chi connectivity index (χ4v) is 1.04. The van der Waals surface area contributed by atoms with Gasteiger partial charge in [-0.15, -0.1) is 0 Å². The minimum absolute atomic E-state index is 0. The second-order valence-electron chi connectivity index (χ2n) is 2.43. The van der Waals surface area contributed by atoms with Gasteiger partial charge in [-0.1, -0.05) is 6.42 Å². The summed E-state index contributed by atoms with van der Waals surface area (Å²) in [6.45, 7) is 0. The van der Waals surface area contributed by atoms with E-state index in [0.717, 1.165) is 11.7 Å². The van der Waals surface area contributed by atoms with Crippen molar-refractivity contribution in [1.29, 1.82) is 0 Å². The van der Waals surface area contributed by atoms with E-state index in [0.29, 0.717) is 0 Å². The van der Waals surface area contributed by atoms with Crippen LogP contribution in [0.25, 0.3) is 0 Å². The predicted molar refractivity (Wildman–Crippen MR) is 50.4 cm³/mol. The molecule has 0 saturated heterocycles. The predicted octanol–water partition coefficient (Wildman–Crippen LogP) is 1.23. The van der Waals surface area contributed by atoms with Gasteiger partial charge in [0.2, 0.25) is 0 Å². The first kappa shape index (κ1) is 14.7. The Hall–Kier alpha value is 0.180. The van der Waals surface area contributed by atoms with Gasteiger partial charge < -0.3 is 6.15 Å². The Morgan fingerprint density at radius 3 is 1.67 bits per heavy atom. The summed E-state index contributed by atoms with van der Waals surface area (Å²) in [6.07, 6.45) is 4.32. The van der Waals surface area contributed by atoms with E-state index in [1.54, 1.807) is 0 Å². The average Bonchev–Trinajstić information content (AvgIpc) is 1.55. The van der Waals surface area contributed by atoms with Crippen LogP contribution in [0.1, 0.15) is 19.3 Å². The van der Waals surface area contributed by atoms with Crippen LogP contribution in [0.5, 0.6) is 0 Å².